The average molecular weight is 231 g/mol. The molecule has 0 atom stereocenters. The summed E-state index contributed by atoms with van der Waals surface area (Å²) in [7, 11) is 0. The molecule has 0 saturated heterocycles. The number of imidazole rings is 1. The molecule has 9 heteroatoms. The van der Waals surface area contributed by atoms with Crippen LogP contribution in [-0.4, -0.2) is 34.7 Å². The van der Waals surface area contributed by atoms with E-state index in [2.05, 4.69) is 30.1 Å². The van der Waals surface area contributed by atoms with Gasteiger partial charge in [0.25, 0.3) is 0 Å². The van der Waals surface area contributed by atoms with Crippen LogP contribution in [0.25, 0.3) is 11.2 Å². The Labute approximate surface area is 94.9 Å². The highest BCUT2D eigenvalue weighted by Crippen LogP contribution is 2.14. The van der Waals surface area contributed by atoms with Crippen molar-refractivity contribution in [2.24, 2.45) is 0 Å². The monoisotopic (exact) mass is 231 g/mol. The normalized spacial score (nSPS) is 11.1. The average Bonchev–Trinajstić information content (AvgIpc) is 2.88. The van der Waals surface area contributed by atoms with Gasteiger partial charge in [-0.25, -0.2) is 15.0 Å². The van der Waals surface area contributed by atoms with Gasteiger partial charge in [-0.2, -0.15) is 4.98 Å². The van der Waals surface area contributed by atoms with E-state index in [-0.39, 0.29) is 5.95 Å². The molecule has 0 saturated carbocycles. The molecule has 3 aromatic heterocycles. The Hall–Kier alpha value is -2.71. The molecule has 0 aromatic carbocycles. The van der Waals surface area contributed by atoms with E-state index >= 15 is 0 Å². The summed E-state index contributed by atoms with van der Waals surface area (Å²) < 4.78 is 1.79. The summed E-state index contributed by atoms with van der Waals surface area (Å²) >= 11 is 0. The quantitative estimate of drug-likeness (QED) is 0.522. The second kappa shape index (κ2) is 3.40. The predicted molar refractivity (Wildman–Crippen MR) is 59.6 cm³/mol. The van der Waals surface area contributed by atoms with Crippen molar-refractivity contribution >= 4 is 22.9 Å². The summed E-state index contributed by atoms with van der Waals surface area (Å²) in [5.41, 5.74) is 12.3. The second-order valence-corrected chi connectivity index (χ2v) is 3.44. The van der Waals surface area contributed by atoms with Crippen molar-refractivity contribution in [2.75, 3.05) is 11.5 Å². The Bertz CT molecular complexity index is 666. The van der Waals surface area contributed by atoms with Crippen LogP contribution in [0, 0.1) is 0 Å². The smallest absolute Gasteiger partial charge is 0.239 e. The van der Waals surface area contributed by atoms with Crippen LogP contribution in [0.4, 0.5) is 11.8 Å². The maximum Gasteiger partial charge on any atom is 0.239 e. The molecule has 0 aliphatic heterocycles. The molecule has 9 nitrogen and oxygen atoms in total. The number of hydrogen-bond acceptors (Lipinski definition) is 7. The van der Waals surface area contributed by atoms with Crippen LogP contribution in [0.2, 0.25) is 0 Å². The Balaban J connectivity index is 2.04. The Morgan fingerprint density at radius 2 is 2.12 bits per heavy atom. The summed E-state index contributed by atoms with van der Waals surface area (Å²) in [6.07, 6.45) is 3.01. The minimum absolute atomic E-state index is 0.207. The first kappa shape index (κ1) is 9.51. The van der Waals surface area contributed by atoms with E-state index in [1.165, 1.54) is 6.33 Å². The Morgan fingerprint density at radius 3 is 2.88 bits per heavy atom. The molecule has 3 rings (SSSR count). The Kier molecular flexibility index (Phi) is 1.90. The van der Waals surface area contributed by atoms with Gasteiger partial charge in [0.1, 0.15) is 17.7 Å². The zero-order valence-electron chi connectivity index (χ0n) is 8.70. The number of H-pyrrole nitrogens is 1. The molecule has 0 fully saturated rings. The number of nitrogens with two attached hydrogens (primary N) is 2. The van der Waals surface area contributed by atoms with Gasteiger partial charge in [-0.05, 0) is 0 Å². The van der Waals surface area contributed by atoms with Gasteiger partial charge in [0.2, 0.25) is 5.95 Å². The lowest BCUT2D eigenvalue weighted by Gasteiger charge is -1.99. The molecule has 0 aliphatic rings. The van der Waals surface area contributed by atoms with Crippen molar-refractivity contribution in [1.82, 2.24) is 34.7 Å². The number of aromatic amines is 1. The molecule has 86 valence electrons. The van der Waals surface area contributed by atoms with Crippen LogP contribution < -0.4 is 11.5 Å². The molecule has 3 aromatic rings. The Morgan fingerprint density at radius 1 is 1.24 bits per heavy atom. The van der Waals surface area contributed by atoms with E-state index in [0.29, 0.717) is 29.4 Å². The minimum atomic E-state index is 0.207. The third kappa shape index (κ3) is 1.53. The number of aromatic nitrogens is 7. The fraction of sp³-hybridized carbons (Fsp3) is 0.125. The largest absolute Gasteiger partial charge is 0.382 e. The van der Waals surface area contributed by atoms with Crippen molar-refractivity contribution < 1.29 is 0 Å². The summed E-state index contributed by atoms with van der Waals surface area (Å²) in [6, 6.07) is 0. The van der Waals surface area contributed by atoms with E-state index in [0.717, 1.165) is 0 Å². The highest BCUT2D eigenvalue weighted by Gasteiger charge is 2.09. The summed E-state index contributed by atoms with van der Waals surface area (Å²) in [6.45, 7) is 0.442. The van der Waals surface area contributed by atoms with Crippen LogP contribution in [0.3, 0.4) is 0 Å². The fourth-order valence-corrected chi connectivity index (χ4v) is 1.56. The molecular weight excluding hydrogens is 222 g/mol. The van der Waals surface area contributed by atoms with Gasteiger partial charge in [-0.3, -0.25) is 5.10 Å². The first-order valence-corrected chi connectivity index (χ1v) is 4.82. The van der Waals surface area contributed by atoms with E-state index in [9.17, 15) is 0 Å². The number of nitrogens with zero attached hydrogens (tertiary/aromatic N) is 6. The van der Waals surface area contributed by atoms with E-state index in [4.69, 9.17) is 11.5 Å². The lowest BCUT2D eigenvalue weighted by Crippen LogP contribution is -2.02. The second-order valence-electron chi connectivity index (χ2n) is 3.44. The molecular formula is C8H9N9. The van der Waals surface area contributed by atoms with Crippen molar-refractivity contribution in [3.63, 3.8) is 0 Å². The van der Waals surface area contributed by atoms with Crippen LogP contribution >= 0.6 is 0 Å². The number of hydrogen-bond donors (Lipinski definition) is 3. The summed E-state index contributed by atoms with van der Waals surface area (Å²) in [5.74, 6) is 1.18. The number of nitrogen functional groups attached to an aromatic ring is 2. The maximum absolute atomic E-state index is 5.68. The summed E-state index contributed by atoms with van der Waals surface area (Å²) in [4.78, 5) is 16.1. The molecule has 5 N–H and O–H groups in total. The van der Waals surface area contributed by atoms with Crippen LogP contribution in [0.15, 0.2) is 12.7 Å². The van der Waals surface area contributed by atoms with E-state index in [1.54, 1.807) is 10.9 Å². The lowest BCUT2D eigenvalue weighted by atomic mass is 10.5. The van der Waals surface area contributed by atoms with Gasteiger partial charge in [-0.15, -0.1) is 5.10 Å². The summed E-state index contributed by atoms with van der Waals surface area (Å²) in [5, 5.41) is 6.46. The molecule has 3 heterocycles. The molecule has 0 unspecified atom stereocenters. The van der Waals surface area contributed by atoms with Gasteiger partial charge in [0.15, 0.2) is 11.5 Å². The SMILES string of the molecule is Nc1n[nH]c(Cn2cnc3c(N)ncnc32)n1. The van der Waals surface area contributed by atoms with E-state index in [1.807, 2.05) is 0 Å². The number of nitrogens with one attached hydrogen (secondary N) is 1. The lowest BCUT2D eigenvalue weighted by molar-refractivity contribution is 0.760. The van der Waals surface area contributed by atoms with Crippen LogP contribution in [-0.2, 0) is 6.54 Å². The van der Waals surface area contributed by atoms with Gasteiger partial charge >= 0.3 is 0 Å². The molecule has 0 spiro atoms. The van der Waals surface area contributed by atoms with Crippen molar-refractivity contribution in [3.05, 3.63) is 18.5 Å². The van der Waals surface area contributed by atoms with Crippen LogP contribution in [0.1, 0.15) is 5.82 Å². The third-order valence-electron chi connectivity index (χ3n) is 2.30. The molecule has 0 aliphatic carbocycles. The highest BCUT2D eigenvalue weighted by molar-refractivity contribution is 5.81. The molecule has 0 bridgehead atoms. The van der Waals surface area contributed by atoms with Crippen molar-refractivity contribution in [1.29, 1.82) is 0 Å². The van der Waals surface area contributed by atoms with Crippen molar-refractivity contribution in [3.8, 4) is 0 Å². The van der Waals surface area contributed by atoms with Crippen molar-refractivity contribution in [2.45, 2.75) is 6.54 Å². The minimum Gasteiger partial charge on any atom is -0.382 e. The van der Waals surface area contributed by atoms with Gasteiger partial charge < -0.3 is 16.0 Å². The fourth-order valence-electron chi connectivity index (χ4n) is 1.56. The third-order valence-corrected chi connectivity index (χ3v) is 2.30. The topological polar surface area (TPSA) is 137 Å². The molecule has 0 radical (unpaired) electrons. The predicted octanol–water partition coefficient (Wildman–Crippen LogP) is -0.843. The van der Waals surface area contributed by atoms with Gasteiger partial charge in [0, 0.05) is 0 Å². The standard InChI is InChI=1S/C8H9N9/c9-6-5-7(12-2-11-6)17(3-13-5)1-4-14-8(10)16-15-4/h2-3H,1H2,(H2,9,11,12)(H3,10,14,15,16). The van der Waals surface area contributed by atoms with E-state index < -0.39 is 0 Å². The zero-order valence-corrected chi connectivity index (χ0v) is 8.70. The first-order valence-electron chi connectivity index (χ1n) is 4.82. The molecule has 0 amide bonds. The number of rotatable bonds is 2. The zero-order chi connectivity index (χ0) is 11.8. The van der Waals surface area contributed by atoms with Crippen LogP contribution in [0.5, 0.6) is 0 Å². The molecule has 17 heavy (non-hydrogen) atoms. The number of anilines is 2. The first-order chi connectivity index (χ1) is 8.24. The number of fused-ring (bicyclic) bond motifs is 1. The van der Waals surface area contributed by atoms with Gasteiger partial charge in [0.05, 0.1) is 12.9 Å². The highest BCUT2D eigenvalue weighted by atomic mass is 15.3. The van der Waals surface area contributed by atoms with Gasteiger partial charge in [-0.1, -0.05) is 0 Å². The maximum atomic E-state index is 5.68.